The predicted octanol–water partition coefficient (Wildman–Crippen LogP) is 2.60. The molecular weight excluding hydrogens is 262 g/mol. The van der Waals surface area contributed by atoms with Crippen LogP contribution in [0.15, 0.2) is 24.5 Å². The van der Waals surface area contributed by atoms with E-state index in [-0.39, 0.29) is 0 Å². The Bertz CT molecular complexity index is 584. The lowest BCUT2D eigenvalue weighted by atomic mass is 10.0. The van der Waals surface area contributed by atoms with Crippen LogP contribution in [0.2, 0.25) is 0 Å². The molecule has 1 aromatic heterocycles. The molecule has 2 aromatic rings. The second-order valence-corrected chi connectivity index (χ2v) is 6.23. The molecule has 0 aliphatic rings. The Morgan fingerprint density at radius 3 is 2.67 bits per heavy atom. The second-order valence-electron chi connectivity index (χ2n) is 6.23. The molecule has 0 aliphatic carbocycles. The van der Waals surface area contributed by atoms with Crippen molar-refractivity contribution in [1.82, 2.24) is 14.9 Å². The highest BCUT2D eigenvalue weighted by Gasteiger charge is 2.14. The number of nitrogen functional groups attached to an aromatic ring is 1. The molecule has 0 bridgehead atoms. The monoisotopic (exact) mass is 287 g/mol. The van der Waals surface area contributed by atoms with Crippen molar-refractivity contribution in [2.45, 2.75) is 26.3 Å². The fourth-order valence-electron chi connectivity index (χ4n) is 2.57. The van der Waals surface area contributed by atoms with Crippen LogP contribution in [0.1, 0.15) is 20.3 Å². The van der Waals surface area contributed by atoms with Crippen molar-refractivity contribution in [3.63, 3.8) is 0 Å². The maximum atomic E-state index is 5.82. The van der Waals surface area contributed by atoms with E-state index in [0.717, 1.165) is 35.4 Å². The molecule has 0 fully saturated rings. The number of benzene rings is 1. The summed E-state index contributed by atoms with van der Waals surface area (Å²) in [6.07, 6.45) is 2.69. The molecule has 21 heavy (non-hydrogen) atoms. The molecule has 2 rings (SSSR count). The van der Waals surface area contributed by atoms with Gasteiger partial charge in [0.15, 0.2) is 0 Å². The fourth-order valence-corrected chi connectivity index (χ4v) is 2.57. The number of hydrogen-bond acceptors (Lipinski definition) is 5. The van der Waals surface area contributed by atoms with Gasteiger partial charge in [-0.3, -0.25) is 0 Å². The Morgan fingerprint density at radius 2 is 2.00 bits per heavy atom. The average Bonchev–Trinajstić information content (AvgIpc) is 2.36. The highest BCUT2D eigenvalue weighted by Crippen LogP contribution is 2.23. The summed E-state index contributed by atoms with van der Waals surface area (Å²) in [6, 6.07) is 6.11. The number of anilines is 2. The lowest BCUT2D eigenvalue weighted by Gasteiger charge is -2.25. The molecule has 1 unspecified atom stereocenters. The van der Waals surface area contributed by atoms with E-state index in [1.54, 1.807) is 6.33 Å². The van der Waals surface area contributed by atoms with Gasteiger partial charge in [-0.05, 0) is 44.6 Å². The summed E-state index contributed by atoms with van der Waals surface area (Å²) in [5.74, 6) is 1.51. The molecule has 0 amide bonds. The van der Waals surface area contributed by atoms with E-state index in [2.05, 4.69) is 48.1 Å². The number of likely N-dealkylation sites (N-methyl/N-ethyl adjacent to an activating group) is 1. The number of fused-ring (bicyclic) bond motifs is 1. The number of aromatic nitrogens is 2. The third-order valence-electron chi connectivity index (χ3n) is 3.34. The first-order valence-electron chi connectivity index (χ1n) is 7.37. The second kappa shape index (κ2) is 6.72. The van der Waals surface area contributed by atoms with Crippen LogP contribution in [0.5, 0.6) is 0 Å². The van der Waals surface area contributed by atoms with Crippen molar-refractivity contribution in [1.29, 1.82) is 0 Å². The standard InChI is InChI=1S/C16H25N5/c1-11(2)7-13(9-21(3)4)20-16-14-6-5-12(17)8-15(14)18-10-19-16/h5-6,8,10-11,13H,7,9,17H2,1-4H3,(H,18,19,20). The molecule has 5 nitrogen and oxygen atoms in total. The third kappa shape index (κ3) is 4.29. The number of rotatable bonds is 6. The molecule has 0 spiro atoms. The smallest absolute Gasteiger partial charge is 0.137 e. The van der Waals surface area contributed by atoms with E-state index in [1.807, 2.05) is 18.2 Å². The van der Waals surface area contributed by atoms with E-state index in [9.17, 15) is 0 Å². The Kier molecular flexibility index (Phi) is 4.96. The van der Waals surface area contributed by atoms with Gasteiger partial charge in [-0.1, -0.05) is 13.8 Å². The maximum Gasteiger partial charge on any atom is 0.137 e. The highest BCUT2D eigenvalue weighted by atomic mass is 15.1. The Balaban J connectivity index is 2.27. The minimum absolute atomic E-state index is 0.357. The minimum Gasteiger partial charge on any atom is -0.399 e. The average molecular weight is 287 g/mol. The number of nitrogens with one attached hydrogen (secondary N) is 1. The molecule has 1 atom stereocenters. The van der Waals surface area contributed by atoms with Crippen molar-refractivity contribution in [2.24, 2.45) is 5.92 Å². The number of hydrogen-bond donors (Lipinski definition) is 2. The molecule has 0 radical (unpaired) electrons. The fraction of sp³-hybridized carbons (Fsp3) is 0.500. The Morgan fingerprint density at radius 1 is 1.24 bits per heavy atom. The van der Waals surface area contributed by atoms with Crippen molar-refractivity contribution in [3.8, 4) is 0 Å². The summed E-state index contributed by atoms with van der Waals surface area (Å²) in [6.45, 7) is 5.45. The van der Waals surface area contributed by atoms with Gasteiger partial charge in [0.25, 0.3) is 0 Å². The van der Waals surface area contributed by atoms with Gasteiger partial charge in [0.2, 0.25) is 0 Å². The quantitative estimate of drug-likeness (QED) is 0.799. The topological polar surface area (TPSA) is 67.1 Å². The lowest BCUT2D eigenvalue weighted by Crippen LogP contribution is -2.33. The summed E-state index contributed by atoms with van der Waals surface area (Å²) in [7, 11) is 4.18. The van der Waals surface area contributed by atoms with E-state index in [1.165, 1.54) is 0 Å². The largest absolute Gasteiger partial charge is 0.399 e. The molecule has 3 N–H and O–H groups in total. The summed E-state index contributed by atoms with van der Waals surface area (Å²) in [5, 5.41) is 4.58. The predicted molar refractivity (Wildman–Crippen MR) is 89.4 cm³/mol. The Hall–Kier alpha value is -1.88. The van der Waals surface area contributed by atoms with Crippen molar-refractivity contribution < 1.29 is 0 Å². The zero-order valence-corrected chi connectivity index (χ0v) is 13.3. The molecule has 0 saturated carbocycles. The highest BCUT2D eigenvalue weighted by molar-refractivity contribution is 5.90. The SMILES string of the molecule is CC(C)CC(CN(C)C)Nc1ncnc2cc(N)ccc12. The van der Waals surface area contributed by atoms with Crippen LogP contribution in [0.25, 0.3) is 10.9 Å². The van der Waals surface area contributed by atoms with Gasteiger partial charge >= 0.3 is 0 Å². The third-order valence-corrected chi connectivity index (χ3v) is 3.34. The number of nitrogens with zero attached hydrogens (tertiary/aromatic N) is 3. The van der Waals surface area contributed by atoms with Crippen LogP contribution in [0.3, 0.4) is 0 Å². The van der Waals surface area contributed by atoms with Crippen molar-refractivity contribution in [2.75, 3.05) is 31.7 Å². The van der Waals surface area contributed by atoms with Crippen LogP contribution in [-0.4, -0.2) is 41.5 Å². The maximum absolute atomic E-state index is 5.82. The molecule has 0 saturated heterocycles. The van der Waals surface area contributed by atoms with Gasteiger partial charge in [0, 0.05) is 23.7 Å². The summed E-state index contributed by atoms with van der Waals surface area (Å²) in [4.78, 5) is 10.9. The van der Waals surface area contributed by atoms with E-state index in [0.29, 0.717) is 12.0 Å². The van der Waals surface area contributed by atoms with E-state index >= 15 is 0 Å². The van der Waals surface area contributed by atoms with Gasteiger partial charge < -0.3 is 16.0 Å². The molecule has 0 aliphatic heterocycles. The first-order chi connectivity index (χ1) is 9.95. The van der Waals surface area contributed by atoms with E-state index < -0.39 is 0 Å². The van der Waals surface area contributed by atoms with Gasteiger partial charge in [0.05, 0.1) is 5.52 Å². The van der Waals surface area contributed by atoms with Crippen LogP contribution in [0.4, 0.5) is 11.5 Å². The van der Waals surface area contributed by atoms with Gasteiger partial charge in [-0.2, -0.15) is 0 Å². The van der Waals surface area contributed by atoms with Crippen LogP contribution >= 0.6 is 0 Å². The van der Waals surface area contributed by atoms with Gasteiger partial charge in [0.1, 0.15) is 12.1 Å². The summed E-state index contributed by atoms with van der Waals surface area (Å²) >= 11 is 0. The Labute approximate surface area is 126 Å². The molecule has 1 aromatic carbocycles. The molecule has 1 heterocycles. The number of nitrogens with two attached hydrogens (primary N) is 1. The molecule has 5 heteroatoms. The van der Waals surface area contributed by atoms with E-state index in [4.69, 9.17) is 5.73 Å². The summed E-state index contributed by atoms with van der Waals surface area (Å²) < 4.78 is 0. The van der Waals surface area contributed by atoms with Gasteiger partial charge in [-0.15, -0.1) is 0 Å². The van der Waals surface area contributed by atoms with Crippen LogP contribution < -0.4 is 11.1 Å². The lowest BCUT2D eigenvalue weighted by molar-refractivity contribution is 0.356. The zero-order chi connectivity index (χ0) is 15.4. The van der Waals surface area contributed by atoms with Crippen molar-refractivity contribution in [3.05, 3.63) is 24.5 Å². The normalized spacial score (nSPS) is 13.0. The first kappa shape index (κ1) is 15.5. The first-order valence-corrected chi connectivity index (χ1v) is 7.37. The van der Waals surface area contributed by atoms with Crippen LogP contribution in [-0.2, 0) is 0 Å². The van der Waals surface area contributed by atoms with Crippen LogP contribution in [0, 0.1) is 5.92 Å². The minimum atomic E-state index is 0.357. The van der Waals surface area contributed by atoms with Gasteiger partial charge in [-0.25, -0.2) is 9.97 Å². The molecule has 114 valence electrons. The zero-order valence-electron chi connectivity index (χ0n) is 13.3. The summed E-state index contributed by atoms with van der Waals surface area (Å²) in [5.41, 5.74) is 7.42. The van der Waals surface area contributed by atoms with Crippen molar-refractivity contribution >= 4 is 22.4 Å². The molecular formula is C16H25N5.